The van der Waals surface area contributed by atoms with Gasteiger partial charge in [0, 0.05) is 0 Å². The molecule has 1 aromatic carbocycles. The lowest BCUT2D eigenvalue weighted by Gasteiger charge is -2.06. The molecule has 19 heavy (non-hydrogen) atoms. The number of aryl methyl sites for hydroxylation is 1. The van der Waals surface area contributed by atoms with Crippen molar-refractivity contribution in [3.8, 4) is 10.6 Å². The van der Waals surface area contributed by atoms with Gasteiger partial charge in [0.1, 0.15) is 17.0 Å². The predicted octanol–water partition coefficient (Wildman–Crippen LogP) is 3.15. The van der Waals surface area contributed by atoms with Gasteiger partial charge < -0.3 is 10.2 Å². The second-order valence-electron chi connectivity index (χ2n) is 4.28. The molecule has 4 nitrogen and oxygen atoms in total. The molecule has 0 aliphatic rings. The highest BCUT2D eigenvalue weighted by Gasteiger charge is 2.15. The van der Waals surface area contributed by atoms with E-state index in [2.05, 4.69) is 10.2 Å². The number of hydrogen-bond donors (Lipinski definition) is 1. The first-order valence-corrected chi connectivity index (χ1v) is 6.75. The molecule has 5 heteroatoms. The van der Waals surface area contributed by atoms with Crippen LogP contribution in [0, 0.1) is 6.92 Å². The van der Waals surface area contributed by atoms with Gasteiger partial charge >= 0.3 is 0 Å². The Morgan fingerprint density at radius 2 is 2.00 bits per heavy atom. The van der Waals surface area contributed by atoms with Crippen LogP contribution >= 0.6 is 11.3 Å². The number of furan rings is 1. The standard InChI is InChI=1S/C14H13N3OS/c1-9-7-11(8-18-9)13-16-17-14(19-13)12(15)10-5-3-2-4-6-10/h2-8,12H,15H2,1H3. The minimum Gasteiger partial charge on any atom is -0.469 e. The van der Waals surface area contributed by atoms with Gasteiger partial charge in [-0.25, -0.2) is 0 Å². The highest BCUT2D eigenvalue weighted by molar-refractivity contribution is 7.14. The maximum atomic E-state index is 6.20. The van der Waals surface area contributed by atoms with E-state index in [0.29, 0.717) is 0 Å². The summed E-state index contributed by atoms with van der Waals surface area (Å²) in [7, 11) is 0. The van der Waals surface area contributed by atoms with Gasteiger partial charge in [-0.15, -0.1) is 10.2 Å². The molecule has 0 radical (unpaired) electrons. The first-order valence-electron chi connectivity index (χ1n) is 5.93. The molecule has 0 amide bonds. The quantitative estimate of drug-likeness (QED) is 0.794. The van der Waals surface area contributed by atoms with Crippen LogP contribution in [0.2, 0.25) is 0 Å². The zero-order chi connectivity index (χ0) is 13.2. The Hall–Kier alpha value is -1.98. The van der Waals surface area contributed by atoms with Crippen molar-refractivity contribution in [2.45, 2.75) is 13.0 Å². The van der Waals surface area contributed by atoms with Crippen LogP contribution in [0.4, 0.5) is 0 Å². The summed E-state index contributed by atoms with van der Waals surface area (Å²) < 4.78 is 5.28. The molecule has 0 saturated carbocycles. The van der Waals surface area contributed by atoms with Gasteiger partial charge in [-0.05, 0) is 18.6 Å². The molecule has 1 atom stereocenters. The highest BCUT2D eigenvalue weighted by Crippen LogP contribution is 2.29. The summed E-state index contributed by atoms with van der Waals surface area (Å²) in [6.45, 7) is 1.90. The SMILES string of the molecule is Cc1cc(-c2nnc(C(N)c3ccccc3)s2)co1. The number of rotatable bonds is 3. The van der Waals surface area contributed by atoms with Crippen LogP contribution in [0.25, 0.3) is 10.6 Å². The fourth-order valence-corrected chi connectivity index (χ4v) is 2.68. The molecule has 0 aliphatic heterocycles. The lowest BCUT2D eigenvalue weighted by molar-refractivity contribution is 0.535. The Labute approximate surface area is 114 Å². The average molecular weight is 271 g/mol. The summed E-state index contributed by atoms with van der Waals surface area (Å²) in [5.74, 6) is 0.860. The summed E-state index contributed by atoms with van der Waals surface area (Å²) in [5, 5.41) is 9.99. The molecule has 0 bridgehead atoms. The molecule has 0 spiro atoms. The van der Waals surface area contributed by atoms with E-state index in [4.69, 9.17) is 10.2 Å². The van der Waals surface area contributed by atoms with Crippen LogP contribution in [0.15, 0.2) is 47.1 Å². The molecule has 2 N–H and O–H groups in total. The molecule has 96 valence electrons. The summed E-state index contributed by atoms with van der Waals surface area (Å²) in [4.78, 5) is 0. The van der Waals surface area contributed by atoms with Gasteiger partial charge in [-0.3, -0.25) is 0 Å². The van der Waals surface area contributed by atoms with E-state index in [1.165, 1.54) is 11.3 Å². The zero-order valence-corrected chi connectivity index (χ0v) is 11.2. The number of hydrogen-bond acceptors (Lipinski definition) is 5. The van der Waals surface area contributed by atoms with Crippen molar-refractivity contribution in [2.75, 3.05) is 0 Å². The number of benzene rings is 1. The van der Waals surface area contributed by atoms with Crippen LogP contribution in [0.1, 0.15) is 22.4 Å². The van der Waals surface area contributed by atoms with Gasteiger partial charge in [0.25, 0.3) is 0 Å². The van der Waals surface area contributed by atoms with Crippen molar-refractivity contribution in [3.63, 3.8) is 0 Å². The Kier molecular flexibility index (Phi) is 3.15. The summed E-state index contributed by atoms with van der Waals surface area (Å²) >= 11 is 1.50. The third kappa shape index (κ3) is 2.43. The van der Waals surface area contributed by atoms with Gasteiger partial charge in [-0.2, -0.15) is 0 Å². The van der Waals surface area contributed by atoms with Crippen LogP contribution in [-0.4, -0.2) is 10.2 Å². The molecule has 0 fully saturated rings. The van der Waals surface area contributed by atoms with Crippen LogP contribution < -0.4 is 5.73 Å². The van der Waals surface area contributed by atoms with Crippen molar-refractivity contribution in [1.29, 1.82) is 0 Å². The van der Waals surface area contributed by atoms with E-state index < -0.39 is 0 Å². The smallest absolute Gasteiger partial charge is 0.151 e. The van der Waals surface area contributed by atoms with Gasteiger partial charge in [0.15, 0.2) is 5.01 Å². The molecule has 0 saturated heterocycles. The lowest BCUT2D eigenvalue weighted by atomic mass is 10.1. The Morgan fingerprint density at radius 1 is 1.21 bits per heavy atom. The van der Waals surface area contributed by atoms with Crippen molar-refractivity contribution in [3.05, 3.63) is 59.0 Å². The minimum atomic E-state index is -0.236. The van der Waals surface area contributed by atoms with Crippen molar-refractivity contribution in [1.82, 2.24) is 10.2 Å². The van der Waals surface area contributed by atoms with Crippen LogP contribution in [0.3, 0.4) is 0 Å². The fourth-order valence-electron chi connectivity index (χ4n) is 1.84. The highest BCUT2D eigenvalue weighted by atomic mass is 32.1. The molecule has 3 rings (SSSR count). The summed E-state index contributed by atoms with van der Waals surface area (Å²) in [6, 6.07) is 11.6. The largest absolute Gasteiger partial charge is 0.469 e. The first-order chi connectivity index (χ1) is 9.24. The number of aromatic nitrogens is 2. The van der Waals surface area contributed by atoms with Crippen molar-refractivity contribution < 1.29 is 4.42 Å². The Morgan fingerprint density at radius 3 is 2.68 bits per heavy atom. The molecule has 1 unspecified atom stereocenters. The monoisotopic (exact) mass is 271 g/mol. The molecule has 3 aromatic rings. The maximum absolute atomic E-state index is 6.20. The number of nitrogens with two attached hydrogens (primary N) is 1. The topological polar surface area (TPSA) is 64.9 Å². The minimum absolute atomic E-state index is 0.236. The fraction of sp³-hybridized carbons (Fsp3) is 0.143. The first kappa shape index (κ1) is 12.1. The van der Waals surface area contributed by atoms with Crippen LogP contribution in [0.5, 0.6) is 0 Å². The Balaban J connectivity index is 1.89. The normalized spacial score (nSPS) is 12.5. The van der Waals surface area contributed by atoms with Gasteiger partial charge in [0.05, 0.1) is 11.6 Å². The van der Waals surface area contributed by atoms with Crippen molar-refractivity contribution >= 4 is 11.3 Å². The van der Waals surface area contributed by atoms with Crippen molar-refractivity contribution in [2.24, 2.45) is 5.73 Å². The van der Waals surface area contributed by atoms with Crippen LogP contribution in [-0.2, 0) is 0 Å². The summed E-state index contributed by atoms with van der Waals surface area (Å²) in [6.07, 6.45) is 1.69. The third-order valence-corrected chi connectivity index (χ3v) is 3.90. The summed E-state index contributed by atoms with van der Waals surface area (Å²) in [5.41, 5.74) is 8.18. The molecular weight excluding hydrogens is 258 g/mol. The molecular formula is C14H13N3OS. The lowest BCUT2D eigenvalue weighted by Crippen LogP contribution is -2.11. The molecule has 2 heterocycles. The van der Waals surface area contributed by atoms with E-state index in [1.807, 2.05) is 43.3 Å². The van der Waals surface area contributed by atoms with Gasteiger partial charge in [-0.1, -0.05) is 41.7 Å². The molecule has 0 aliphatic carbocycles. The van der Waals surface area contributed by atoms with E-state index in [9.17, 15) is 0 Å². The van der Waals surface area contributed by atoms with E-state index in [0.717, 1.165) is 26.9 Å². The second kappa shape index (κ2) is 4.95. The molecule has 2 aromatic heterocycles. The van der Waals surface area contributed by atoms with E-state index in [1.54, 1.807) is 6.26 Å². The zero-order valence-electron chi connectivity index (χ0n) is 10.4. The third-order valence-electron chi connectivity index (χ3n) is 2.84. The second-order valence-corrected chi connectivity index (χ2v) is 5.29. The van der Waals surface area contributed by atoms with E-state index >= 15 is 0 Å². The number of nitrogens with zero attached hydrogens (tertiary/aromatic N) is 2. The maximum Gasteiger partial charge on any atom is 0.151 e. The van der Waals surface area contributed by atoms with E-state index in [-0.39, 0.29) is 6.04 Å². The predicted molar refractivity (Wildman–Crippen MR) is 74.8 cm³/mol. The average Bonchev–Trinajstić information content (AvgIpc) is 3.07. The van der Waals surface area contributed by atoms with Gasteiger partial charge in [0.2, 0.25) is 0 Å². The Bertz CT molecular complexity index is 675.